The van der Waals surface area contributed by atoms with Crippen LogP contribution in [0.3, 0.4) is 0 Å². The molecule has 2 aromatic carbocycles. The molecule has 0 aliphatic heterocycles. The van der Waals surface area contributed by atoms with Crippen LogP contribution < -0.4 is 5.32 Å². The summed E-state index contributed by atoms with van der Waals surface area (Å²) in [7, 11) is 0. The van der Waals surface area contributed by atoms with E-state index in [1.54, 1.807) is 24.3 Å². The van der Waals surface area contributed by atoms with Crippen molar-refractivity contribution in [2.75, 3.05) is 6.54 Å². The molecule has 124 valence electrons. The van der Waals surface area contributed by atoms with Crippen LogP contribution in [0.25, 0.3) is 0 Å². The van der Waals surface area contributed by atoms with E-state index < -0.39 is 5.82 Å². The Morgan fingerprint density at radius 2 is 1.42 bits per heavy atom. The molecule has 2 aromatic rings. The van der Waals surface area contributed by atoms with Crippen molar-refractivity contribution in [3.8, 4) is 0 Å². The largest absolute Gasteiger partial charge is 0.349 e. The van der Waals surface area contributed by atoms with Crippen LogP contribution in [0.15, 0.2) is 54.6 Å². The highest BCUT2D eigenvalue weighted by Gasteiger charge is 2.10. The molecule has 0 saturated heterocycles. The average molecular weight is 327 g/mol. The van der Waals surface area contributed by atoms with Gasteiger partial charge < -0.3 is 5.32 Å². The molecule has 1 N–H and O–H groups in total. The zero-order valence-corrected chi connectivity index (χ0v) is 13.1. The predicted octanol–water partition coefficient (Wildman–Crippen LogP) is 3.18. The van der Waals surface area contributed by atoms with Gasteiger partial charge in [0.2, 0.25) is 5.91 Å². The smallest absolute Gasteiger partial charge is 0.220 e. The topological polar surface area (TPSA) is 63.2 Å². The summed E-state index contributed by atoms with van der Waals surface area (Å²) in [5.41, 5.74) is 0.973. The van der Waals surface area contributed by atoms with Crippen molar-refractivity contribution in [1.82, 2.24) is 5.32 Å². The average Bonchev–Trinajstić information content (AvgIpc) is 2.61. The fraction of sp³-hybridized carbons (Fsp3) is 0.211. The number of carbonyl (C=O) groups excluding carboxylic acids is 3. The first-order chi connectivity index (χ1) is 11.6. The van der Waals surface area contributed by atoms with E-state index in [9.17, 15) is 18.8 Å². The summed E-state index contributed by atoms with van der Waals surface area (Å²) >= 11 is 0. The van der Waals surface area contributed by atoms with E-state index in [0.29, 0.717) is 17.5 Å². The Morgan fingerprint density at radius 3 is 2.08 bits per heavy atom. The SMILES string of the molecule is O=C(CCCC(=O)c1ccccc1)NCC(=O)c1ccc(F)cc1. The number of carbonyl (C=O) groups is 3. The number of Topliss-reactive ketones (excluding diaryl/α,β-unsaturated/α-hetero) is 2. The quantitative estimate of drug-likeness (QED) is 0.758. The van der Waals surface area contributed by atoms with Crippen LogP contribution in [0.2, 0.25) is 0 Å². The number of amides is 1. The van der Waals surface area contributed by atoms with Gasteiger partial charge in [-0.05, 0) is 30.7 Å². The molecule has 0 spiro atoms. The van der Waals surface area contributed by atoms with E-state index in [4.69, 9.17) is 0 Å². The lowest BCUT2D eigenvalue weighted by atomic mass is 10.1. The number of hydrogen-bond donors (Lipinski definition) is 1. The van der Waals surface area contributed by atoms with Gasteiger partial charge in [-0.1, -0.05) is 30.3 Å². The van der Waals surface area contributed by atoms with Crippen LogP contribution in [0.5, 0.6) is 0 Å². The Balaban J connectivity index is 1.69. The second-order valence-corrected chi connectivity index (χ2v) is 5.35. The zero-order valence-electron chi connectivity index (χ0n) is 13.1. The Hall–Kier alpha value is -2.82. The van der Waals surface area contributed by atoms with E-state index in [1.807, 2.05) is 6.07 Å². The van der Waals surface area contributed by atoms with E-state index in [-0.39, 0.29) is 36.9 Å². The maximum absolute atomic E-state index is 12.8. The molecule has 0 fully saturated rings. The van der Waals surface area contributed by atoms with Crippen LogP contribution in [0.1, 0.15) is 40.0 Å². The molecule has 0 aliphatic rings. The van der Waals surface area contributed by atoms with Gasteiger partial charge in [-0.3, -0.25) is 14.4 Å². The van der Waals surface area contributed by atoms with E-state index in [0.717, 1.165) is 0 Å². The van der Waals surface area contributed by atoms with Crippen LogP contribution in [-0.2, 0) is 4.79 Å². The molecular formula is C19H18FNO3. The van der Waals surface area contributed by atoms with Crippen molar-refractivity contribution >= 4 is 17.5 Å². The summed E-state index contributed by atoms with van der Waals surface area (Å²) in [6, 6.07) is 14.1. The fourth-order valence-electron chi connectivity index (χ4n) is 2.18. The zero-order chi connectivity index (χ0) is 17.4. The van der Waals surface area contributed by atoms with Crippen LogP contribution in [0.4, 0.5) is 4.39 Å². The van der Waals surface area contributed by atoms with Crippen molar-refractivity contribution in [3.63, 3.8) is 0 Å². The molecule has 0 aliphatic carbocycles. The van der Waals surface area contributed by atoms with Crippen LogP contribution in [0, 0.1) is 5.82 Å². The molecule has 0 heterocycles. The highest BCUT2D eigenvalue weighted by atomic mass is 19.1. The molecule has 0 atom stereocenters. The highest BCUT2D eigenvalue weighted by molar-refractivity contribution is 5.99. The molecule has 0 bridgehead atoms. The van der Waals surface area contributed by atoms with Crippen molar-refractivity contribution in [3.05, 3.63) is 71.5 Å². The second kappa shape index (κ2) is 8.72. The molecule has 24 heavy (non-hydrogen) atoms. The number of rotatable bonds is 8. The van der Waals surface area contributed by atoms with Gasteiger partial charge >= 0.3 is 0 Å². The van der Waals surface area contributed by atoms with Gasteiger partial charge in [-0.2, -0.15) is 0 Å². The first kappa shape index (κ1) is 17.5. The lowest BCUT2D eigenvalue weighted by Gasteiger charge is -2.05. The molecule has 0 aromatic heterocycles. The van der Waals surface area contributed by atoms with Crippen molar-refractivity contribution in [1.29, 1.82) is 0 Å². The number of halogens is 1. The third kappa shape index (κ3) is 5.43. The monoisotopic (exact) mass is 327 g/mol. The van der Waals surface area contributed by atoms with Gasteiger partial charge in [0.1, 0.15) is 5.82 Å². The Kier molecular flexibility index (Phi) is 6.37. The highest BCUT2D eigenvalue weighted by Crippen LogP contribution is 2.07. The molecular weight excluding hydrogens is 309 g/mol. The van der Waals surface area contributed by atoms with Gasteiger partial charge in [-0.15, -0.1) is 0 Å². The Labute approximate surface area is 139 Å². The summed E-state index contributed by atoms with van der Waals surface area (Å²) in [4.78, 5) is 35.4. The first-order valence-electron chi connectivity index (χ1n) is 7.70. The van der Waals surface area contributed by atoms with Crippen LogP contribution in [-0.4, -0.2) is 24.0 Å². The Morgan fingerprint density at radius 1 is 0.792 bits per heavy atom. The number of ketones is 2. The minimum Gasteiger partial charge on any atom is -0.349 e. The van der Waals surface area contributed by atoms with Gasteiger partial charge in [0.15, 0.2) is 11.6 Å². The first-order valence-corrected chi connectivity index (χ1v) is 7.70. The van der Waals surface area contributed by atoms with E-state index in [1.165, 1.54) is 24.3 Å². The maximum Gasteiger partial charge on any atom is 0.220 e. The standard InChI is InChI=1S/C19H18FNO3/c20-16-11-9-15(10-12-16)18(23)13-21-19(24)8-4-7-17(22)14-5-2-1-3-6-14/h1-3,5-6,9-12H,4,7-8,13H2,(H,21,24). The van der Waals surface area contributed by atoms with Gasteiger partial charge in [0.25, 0.3) is 0 Å². The van der Waals surface area contributed by atoms with Crippen LogP contribution >= 0.6 is 0 Å². The molecule has 5 heteroatoms. The summed E-state index contributed by atoms with van der Waals surface area (Å²) < 4.78 is 12.8. The summed E-state index contributed by atoms with van der Waals surface area (Å²) in [6.45, 7) is -0.142. The normalized spacial score (nSPS) is 10.2. The summed E-state index contributed by atoms with van der Waals surface area (Å²) in [5.74, 6) is -1.00. The van der Waals surface area contributed by atoms with Gasteiger partial charge in [0, 0.05) is 24.0 Å². The summed E-state index contributed by atoms with van der Waals surface area (Å²) in [5, 5.41) is 2.52. The Bertz CT molecular complexity index is 711. The number of hydrogen-bond acceptors (Lipinski definition) is 3. The second-order valence-electron chi connectivity index (χ2n) is 5.35. The minimum absolute atomic E-state index is 0.00853. The maximum atomic E-state index is 12.8. The molecule has 4 nitrogen and oxygen atoms in total. The molecule has 0 saturated carbocycles. The van der Waals surface area contributed by atoms with Gasteiger partial charge in [-0.25, -0.2) is 4.39 Å². The predicted molar refractivity (Wildman–Crippen MR) is 88.4 cm³/mol. The third-order valence-corrected chi connectivity index (χ3v) is 3.52. The lowest BCUT2D eigenvalue weighted by Crippen LogP contribution is -2.29. The van der Waals surface area contributed by atoms with Crippen molar-refractivity contribution in [2.45, 2.75) is 19.3 Å². The number of nitrogens with one attached hydrogen (secondary N) is 1. The minimum atomic E-state index is -0.418. The van der Waals surface area contributed by atoms with E-state index in [2.05, 4.69) is 5.32 Å². The number of benzene rings is 2. The molecule has 1 amide bonds. The van der Waals surface area contributed by atoms with Crippen molar-refractivity contribution < 1.29 is 18.8 Å². The van der Waals surface area contributed by atoms with E-state index >= 15 is 0 Å². The summed E-state index contributed by atoms with van der Waals surface area (Å²) in [6.07, 6.45) is 0.878. The van der Waals surface area contributed by atoms with Crippen molar-refractivity contribution in [2.24, 2.45) is 0 Å². The molecule has 0 radical (unpaired) electrons. The fourth-order valence-corrected chi connectivity index (χ4v) is 2.18. The third-order valence-electron chi connectivity index (χ3n) is 3.52. The molecule has 0 unspecified atom stereocenters. The lowest BCUT2D eigenvalue weighted by molar-refractivity contribution is -0.121. The van der Waals surface area contributed by atoms with Gasteiger partial charge in [0.05, 0.1) is 6.54 Å². The molecule has 2 rings (SSSR count).